The molecule has 0 amide bonds. The van der Waals surface area contributed by atoms with E-state index >= 15 is 0 Å². The number of fused-ring (bicyclic) bond motifs is 2. The first-order chi connectivity index (χ1) is 10.2. The van der Waals surface area contributed by atoms with E-state index < -0.39 is 29.7 Å². The standard InChI is InChI=1S/C13H12BN3O4/c14-11-9-10(16-17-15)13(21-11,6-19-9)7-20-12(18)8-4-2-1-3-5-8/h1-5,9-11H,6-7H2/t9-,10?,11-,13-/m1/s1. The highest BCUT2D eigenvalue weighted by atomic mass is 16.6. The highest BCUT2D eigenvalue weighted by Crippen LogP contribution is 2.41. The SMILES string of the molecule is [B][C@@H]1O[C@@]2(COC(=O)c3ccccc3)CO[C@@H]1C2N=[N+]=[N-]. The first kappa shape index (κ1) is 13.9. The Bertz CT molecular complexity index is 592. The summed E-state index contributed by atoms with van der Waals surface area (Å²) in [6.07, 6.45) is -0.503. The smallest absolute Gasteiger partial charge is 0.338 e. The second kappa shape index (κ2) is 5.40. The molecule has 2 saturated heterocycles. The molecule has 2 aliphatic rings. The number of hydrogen-bond acceptors (Lipinski definition) is 5. The van der Waals surface area contributed by atoms with Crippen LogP contribution < -0.4 is 0 Å². The van der Waals surface area contributed by atoms with Gasteiger partial charge in [-0.25, -0.2) is 4.79 Å². The fourth-order valence-electron chi connectivity index (χ4n) is 2.66. The lowest BCUT2D eigenvalue weighted by Crippen LogP contribution is -2.45. The molecule has 8 heteroatoms. The van der Waals surface area contributed by atoms with E-state index in [0.29, 0.717) is 5.56 Å². The molecule has 2 fully saturated rings. The Hall–Kier alpha value is -2.02. The van der Waals surface area contributed by atoms with Crippen LogP contribution in [0.4, 0.5) is 0 Å². The Kier molecular flexibility index (Phi) is 3.59. The molecule has 0 saturated carbocycles. The second-order valence-electron chi connectivity index (χ2n) is 5.01. The number of benzene rings is 1. The van der Waals surface area contributed by atoms with Crippen molar-refractivity contribution < 1.29 is 19.0 Å². The fourth-order valence-corrected chi connectivity index (χ4v) is 2.66. The number of carbonyl (C=O) groups excluding carboxylic acids is 1. The topological polar surface area (TPSA) is 93.5 Å². The quantitative estimate of drug-likeness (QED) is 0.273. The van der Waals surface area contributed by atoms with Gasteiger partial charge in [-0.3, -0.25) is 0 Å². The predicted octanol–water partition coefficient (Wildman–Crippen LogP) is 1.18. The van der Waals surface area contributed by atoms with Gasteiger partial charge in [0, 0.05) is 10.9 Å². The molecule has 4 atom stereocenters. The Morgan fingerprint density at radius 1 is 1.52 bits per heavy atom. The van der Waals surface area contributed by atoms with Gasteiger partial charge in [-0.05, 0) is 17.7 Å². The van der Waals surface area contributed by atoms with Crippen LogP contribution >= 0.6 is 0 Å². The maximum Gasteiger partial charge on any atom is 0.338 e. The van der Waals surface area contributed by atoms with Crippen molar-refractivity contribution in [2.75, 3.05) is 13.2 Å². The molecule has 2 aliphatic heterocycles. The normalized spacial score (nSPS) is 33.4. The third-order valence-electron chi connectivity index (χ3n) is 3.70. The van der Waals surface area contributed by atoms with E-state index in [-0.39, 0.29) is 13.2 Å². The van der Waals surface area contributed by atoms with Crippen LogP contribution in [0, 0.1) is 0 Å². The monoisotopic (exact) mass is 285 g/mol. The summed E-state index contributed by atoms with van der Waals surface area (Å²) in [7, 11) is 5.77. The number of ether oxygens (including phenoxy) is 3. The summed E-state index contributed by atoms with van der Waals surface area (Å²) in [6, 6.07) is 7.32. The second-order valence-corrected chi connectivity index (χ2v) is 5.01. The summed E-state index contributed by atoms with van der Waals surface area (Å²) < 4.78 is 16.3. The van der Waals surface area contributed by atoms with Gasteiger partial charge < -0.3 is 14.2 Å². The molecule has 1 aromatic rings. The summed E-state index contributed by atoms with van der Waals surface area (Å²) in [5.41, 5.74) is 8.08. The van der Waals surface area contributed by atoms with E-state index in [2.05, 4.69) is 10.0 Å². The number of esters is 1. The predicted molar refractivity (Wildman–Crippen MR) is 72.8 cm³/mol. The van der Waals surface area contributed by atoms with Crippen LogP contribution in [0.3, 0.4) is 0 Å². The van der Waals surface area contributed by atoms with Gasteiger partial charge >= 0.3 is 5.97 Å². The minimum Gasteiger partial charge on any atom is -0.459 e. The highest BCUT2D eigenvalue weighted by molar-refractivity contribution is 6.11. The molecule has 2 heterocycles. The van der Waals surface area contributed by atoms with Gasteiger partial charge in [0.2, 0.25) is 0 Å². The van der Waals surface area contributed by atoms with Crippen LogP contribution in [-0.2, 0) is 14.2 Å². The summed E-state index contributed by atoms with van der Waals surface area (Å²) in [6.45, 7) is 0.103. The molecular formula is C13H12BN3O4. The van der Waals surface area contributed by atoms with E-state index in [4.69, 9.17) is 27.6 Å². The van der Waals surface area contributed by atoms with Crippen LogP contribution in [0.1, 0.15) is 10.4 Å². The summed E-state index contributed by atoms with van der Waals surface area (Å²) in [5.74, 6) is -0.475. The number of nitrogens with zero attached hydrogens (tertiary/aromatic N) is 3. The lowest BCUT2D eigenvalue weighted by molar-refractivity contribution is -0.132. The molecule has 106 valence electrons. The summed E-state index contributed by atoms with van der Waals surface area (Å²) in [5, 5.41) is 3.68. The Labute approximate surface area is 122 Å². The third kappa shape index (κ3) is 2.38. The van der Waals surface area contributed by atoms with Crippen molar-refractivity contribution in [1.29, 1.82) is 0 Å². The zero-order valence-electron chi connectivity index (χ0n) is 11.1. The van der Waals surface area contributed by atoms with E-state index in [9.17, 15) is 4.79 Å². The van der Waals surface area contributed by atoms with E-state index in [1.165, 1.54) is 0 Å². The van der Waals surface area contributed by atoms with Gasteiger partial charge in [-0.1, -0.05) is 23.3 Å². The zero-order chi connectivity index (χ0) is 14.9. The van der Waals surface area contributed by atoms with Crippen molar-refractivity contribution in [2.45, 2.75) is 23.8 Å². The van der Waals surface area contributed by atoms with Crippen LogP contribution in [0.15, 0.2) is 35.4 Å². The molecule has 7 nitrogen and oxygen atoms in total. The number of carbonyl (C=O) groups is 1. The van der Waals surface area contributed by atoms with Gasteiger partial charge in [-0.2, -0.15) is 0 Å². The first-order valence-electron chi connectivity index (χ1n) is 6.48. The Morgan fingerprint density at radius 2 is 2.29 bits per heavy atom. The minimum atomic E-state index is -0.999. The van der Waals surface area contributed by atoms with Crippen LogP contribution in [0.2, 0.25) is 0 Å². The molecule has 1 aromatic carbocycles. The Morgan fingerprint density at radius 3 is 2.95 bits per heavy atom. The summed E-state index contributed by atoms with van der Waals surface area (Å²) in [4.78, 5) is 14.8. The fraction of sp³-hybridized carbons (Fsp3) is 0.462. The van der Waals surface area contributed by atoms with E-state index in [1.807, 2.05) is 6.07 Å². The molecule has 0 N–H and O–H groups in total. The van der Waals surface area contributed by atoms with Gasteiger partial charge in [0.05, 0.1) is 24.3 Å². The zero-order valence-corrected chi connectivity index (χ0v) is 11.1. The number of rotatable bonds is 4. The summed E-state index contributed by atoms with van der Waals surface area (Å²) >= 11 is 0. The number of hydrogen-bond donors (Lipinski definition) is 0. The van der Waals surface area contributed by atoms with Crippen molar-refractivity contribution in [3.8, 4) is 0 Å². The van der Waals surface area contributed by atoms with E-state index in [0.717, 1.165) is 0 Å². The van der Waals surface area contributed by atoms with Crippen molar-refractivity contribution in [3.63, 3.8) is 0 Å². The van der Waals surface area contributed by atoms with Gasteiger partial charge in [0.25, 0.3) is 0 Å². The molecule has 1 unspecified atom stereocenters. The van der Waals surface area contributed by atoms with Crippen LogP contribution in [0.25, 0.3) is 10.4 Å². The molecule has 0 aliphatic carbocycles. The average molecular weight is 285 g/mol. The molecule has 2 bridgehead atoms. The number of azide groups is 1. The van der Waals surface area contributed by atoms with Gasteiger partial charge in [0.1, 0.15) is 20.1 Å². The van der Waals surface area contributed by atoms with Crippen molar-refractivity contribution >= 4 is 13.8 Å². The first-order valence-corrected chi connectivity index (χ1v) is 6.48. The minimum absolute atomic E-state index is 0.0748. The maximum atomic E-state index is 12.0. The maximum absolute atomic E-state index is 12.0. The van der Waals surface area contributed by atoms with Crippen molar-refractivity contribution in [1.82, 2.24) is 0 Å². The van der Waals surface area contributed by atoms with Crippen molar-refractivity contribution in [2.24, 2.45) is 5.11 Å². The molecule has 0 aromatic heterocycles. The molecule has 3 rings (SSSR count). The largest absolute Gasteiger partial charge is 0.459 e. The van der Waals surface area contributed by atoms with Crippen LogP contribution in [-0.4, -0.2) is 50.8 Å². The van der Waals surface area contributed by atoms with Gasteiger partial charge in [0.15, 0.2) is 0 Å². The van der Waals surface area contributed by atoms with Gasteiger partial charge in [-0.15, -0.1) is 0 Å². The lowest BCUT2D eigenvalue weighted by atomic mass is 9.91. The molecule has 2 radical (unpaired) electrons. The molecular weight excluding hydrogens is 273 g/mol. The molecule has 0 spiro atoms. The van der Waals surface area contributed by atoms with Crippen LogP contribution in [0.5, 0.6) is 0 Å². The highest BCUT2D eigenvalue weighted by Gasteiger charge is 2.60. The lowest BCUT2D eigenvalue weighted by Gasteiger charge is -2.29. The Balaban J connectivity index is 1.72. The molecule has 21 heavy (non-hydrogen) atoms. The third-order valence-corrected chi connectivity index (χ3v) is 3.70. The van der Waals surface area contributed by atoms with Crippen molar-refractivity contribution in [3.05, 3.63) is 46.3 Å². The average Bonchev–Trinajstić information content (AvgIpc) is 2.97. The van der Waals surface area contributed by atoms with E-state index in [1.54, 1.807) is 24.3 Å².